The second-order valence-electron chi connectivity index (χ2n) is 4.92. The van der Waals surface area contributed by atoms with Crippen LogP contribution in [0.4, 0.5) is 10.5 Å². The molecular weight excluding hydrogens is 256 g/mol. The second-order valence-corrected chi connectivity index (χ2v) is 4.92. The van der Waals surface area contributed by atoms with Gasteiger partial charge < -0.3 is 15.4 Å². The van der Waals surface area contributed by atoms with E-state index in [-0.39, 0.29) is 12.1 Å². The molecule has 1 aromatic heterocycles. The first-order chi connectivity index (χ1) is 9.71. The predicted molar refractivity (Wildman–Crippen MR) is 77.6 cm³/mol. The highest BCUT2D eigenvalue weighted by Crippen LogP contribution is 2.15. The Hall–Kier alpha value is -1.82. The molecule has 2 N–H and O–H groups in total. The first-order valence-corrected chi connectivity index (χ1v) is 6.97. The third-order valence-electron chi connectivity index (χ3n) is 3.36. The molecule has 0 spiro atoms. The molecule has 0 aliphatic carbocycles. The van der Waals surface area contributed by atoms with Crippen LogP contribution in [0.5, 0.6) is 0 Å². The summed E-state index contributed by atoms with van der Waals surface area (Å²) < 4.78 is 4.62. The van der Waals surface area contributed by atoms with Crippen LogP contribution in [-0.2, 0) is 11.3 Å². The molecule has 1 atom stereocenters. The van der Waals surface area contributed by atoms with Crippen LogP contribution in [0.3, 0.4) is 0 Å². The molecule has 1 amide bonds. The monoisotopic (exact) mass is 278 g/mol. The normalized spacial score (nSPS) is 18.8. The summed E-state index contributed by atoms with van der Waals surface area (Å²) in [5.41, 5.74) is 2.14. The molecule has 20 heavy (non-hydrogen) atoms. The van der Waals surface area contributed by atoms with Crippen molar-refractivity contribution >= 4 is 11.8 Å². The highest BCUT2D eigenvalue weighted by atomic mass is 16.5. The summed E-state index contributed by atoms with van der Waals surface area (Å²) >= 11 is 0. The van der Waals surface area contributed by atoms with E-state index in [2.05, 4.69) is 38.2 Å². The van der Waals surface area contributed by atoms with Crippen molar-refractivity contribution in [3.8, 4) is 0 Å². The Labute approximate surface area is 119 Å². The van der Waals surface area contributed by atoms with Crippen LogP contribution in [0, 0.1) is 0 Å². The van der Waals surface area contributed by atoms with Gasteiger partial charge >= 0.3 is 6.09 Å². The van der Waals surface area contributed by atoms with Crippen LogP contribution >= 0.6 is 0 Å². The van der Waals surface area contributed by atoms with Gasteiger partial charge in [0, 0.05) is 44.1 Å². The number of pyridine rings is 1. The van der Waals surface area contributed by atoms with Gasteiger partial charge in [-0.15, -0.1) is 0 Å². The van der Waals surface area contributed by atoms with Gasteiger partial charge in [0.2, 0.25) is 0 Å². The number of hydrogen-bond acceptors (Lipinski definition) is 5. The number of anilines is 1. The minimum atomic E-state index is -0.357. The quantitative estimate of drug-likeness (QED) is 0.853. The van der Waals surface area contributed by atoms with Crippen molar-refractivity contribution in [1.29, 1.82) is 0 Å². The van der Waals surface area contributed by atoms with Gasteiger partial charge in [0.1, 0.15) is 0 Å². The number of nitrogens with zero attached hydrogens (tertiary/aromatic N) is 2. The molecule has 1 fully saturated rings. The molecule has 1 aliphatic rings. The fraction of sp³-hybridized carbons (Fsp3) is 0.571. The van der Waals surface area contributed by atoms with Crippen molar-refractivity contribution in [2.24, 2.45) is 0 Å². The van der Waals surface area contributed by atoms with Crippen LogP contribution in [0.15, 0.2) is 18.3 Å². The van der Waals surface area contributed by atoms with Crippen LogP contribution in [0.25, 0.3) is 0 Å². The minimum Gasteiger partial charge on any atom is -0.453 e. The average molecular weight is 278 g/mol. The van der Waals surface area contributed by atoms with Crippen molar-refractivity contribution in [3.63, 3.8) is 0 Å². The number of ether oxygens (including phenoxy) is 1. The zero-order valence-electron chi connectivity index (χ0n) is 12.1. The SMILES string of the molecule is CCNc1ccnc(CN2CCC(NC(=O)OC)C2)c1. The Balaban J connectivity index is 1.85. The van der Waals surface area contributed by atoms with Crippen molar-refractivity contribution in [1.82, 2.24) is 15.2 Å². The van der Waals surface area contributed by atoms with Crippen molar-refractivity contribution < 1.29 is 9.53 Å². The van der Waals surface area contributed by atoms with Gasteiger partial charge in [-0.05, 0) is 25.5 Å². The van der Waals surface area contributed by atoms with Crippen LogP contribution in [-0.4, -0.2) is 48.8 Å². The molecule has 0 radical (unpaired) electrons. The molecule has 1 aromatic rings. The van der Waals surface area contributed by atoms with E-state index < -0.39 is 0 Å². The summed E-state index contributed by atoms with van der Waals surface area (Å²) in [5.74, 6) is 0. The smallest absolute Gasteiger partial charge is 0.407 e. The van der Waals surface area contributed by atoms with Crippen molar-refractivity contribution in [3.05, 3.63) is 24.0 Å². The van der Waals surface area contributed by atoms with Crippen molar-refractivity contribution in [2.45, 2.75) is 25.9 Å². The number of rotatable bonds is 5. The summed E-state index contributed by atoms with van der Waals surface area (Å²) in [6.07, 6.45) is 2.42. The summed E-state index contributed by atoms with van der Waals surface area (Å²) in [7, 11) is 1.39. The lowest BCUT2D eigenvalue weighted by atomic mass is 10.3. The van der Waals surface area contributed by atoms with E-state index in [9.17, 15) is 4.79 Å². The molecule has 2 rings (SSSR count). The third kappa shape index (κ3) is 4.09. The zero-order chi connectivity index (χ0) is 14.4. The summed E-state index contributed by atoms with van der Waals surface area (Å²) in [6, 6.07) is 4.21. The number of amides is 1. The zero-order valence-corrected chi connectivity index (χ0v) is 12.1. The molecule has 1 aliphatic heterocycles. The number of carbonyl (C=O) groups excluding carboxylic acids is 1. The van der Waals surface area contributed by atoms with Crippen molar-refractivity contribution in [2.75, 3.05) is 32.1 Å². The average Bonchev–Trinajstić information content (AvgIpc) is 2.86. The highest BCUT2D eigenvalue weighted by molar-refractivity contribution is 5.67. The Morgan fingerprint density at radius 1 is 1.60 bits per heavy atom. The van der Waals surface area contributed by atoms with E-state index in [1.807, 2.05) is 12.3 Å². The number of methoxy groups -OCH3 is 1. The van der Waals surface area contributed by atoms with E-state index in [4.69, 9.17) is 0 Å². The number of nitrogens with one attached hydrogen (secondary N) is 2. The summed E-state index contributed by atoms with van der Waals surface area (Å²) in [4.78, 5) is 17.9. The van der Waals surface area contributed by atoms with Gasteiger partial charge in [0.05, 0.1) is 12.8 Å². The number of alkyl carbamates (subject to hydrolysis) is 1. The maximum absolute atomic E-state index is 11.2. The fourth-order valence-corrected chi connectivity index (χ4v) is 2.43. The number of hydrogen-bond donors (Lipinski definition) is 2. The van der Waals surface area contributed by atoms with E-state index in [1.54, 1.807) is 0 Å². The van der Waals surface area contributed by atoms with E-state index in [1.165, 1.54) is 7.11 Å². The summed E-state index contributed by atoms with van der Waals surface area (Å²) in [5, 5.41) is 6.12. The highest BCUT2D eigenvalue weighted by Gasteiger charge is 2.24. The van der Waals surface area contributed by atoms with E-state index >= 15 is 0 Å². The summed E-state index contributed by atoms with van der Waals surface area (Å²) in [6.45, 7) is 5.57. The number of carbonyl (C=O) groups is 1. The molecule has 2 heterocycles. The van der Waals surface area contributed by atoms with Crippen LogP contribution in [0.1, 0.15) is 19.0 Å². The minimum absolute atomic E-state index is 0.166. The molecule has 0 bridgehead atoms. The number of aromatic nitrogens is 1. The topological polar surface area (TPSA) is 66.5 Å². The molecule has 6 nitrogen and oxygen atoms in total. The third-order valence-corrected chi connectivity index (χ3v) is 3.36. The largest absolute Gasteiger partial charge is 0.453 e. The lowest BCUT2D eigenvalue weighted by Gasteiger charge is -2.16. The Morgan fingerprint density at radius 3 is 3.20 bits per heavy atom. The van der Waals surface area contributed by atoms with E-state index in [0.717, 1.165) is 44.0 Å². The van der Waals surface area contributed by atoms with Gasteiger partial charge in [-0.25, -0.2) is 4.79 Å². The molecule has 110 valence electrons. The maximum atomic E-state index is 11.2. The fourth-order valence-electron chi connectivity index (χ4n) is 2.43. The molecule has 0 aromatic carbocycles. The first kappa shape index (κ1) is 14.6. The van der Waals surface area contributed by atoms with Crippen LogP contribution < -0.4 is 10.6 Å². The lowest BCUT2D eigenvalue weighted by molar-refractivity contribution is 0.166. The predicted octanol–water partition coefficient (Wildman–Crippen LogP) is 1.44. The Morgan fingerprint density at radius 2 is 2.45 bits per heavy atom. The number of likely N-dealkylation sites (tertiary alicyclic amines) is 1. The molecule has 1 saturated heterocycles. The molecule has 6 heteroatoms. The first-order valence-electron chi connectivity index (χ1n) is 6.97. The standard InChI is InChI=1S/C14H22N4O2/c1-3-15-11-4-6-16-13(8-11)10-18-7-5-12(9-18)17-14(19)20-2/h4,6,8,12H,3,5,7,9-10H2,1-2H3,(H,15,16)(H,17,19). The second kappa shape index (κ2) is 7.09. The van der Waals surface area contributed by atoms with Crippen LogP contribution in [0.2, 0.25) is 0 Å². The van der Waals surface area contributed by atoms with Gasteiger partial charge in [-0.2, -0.15) is 0 Å². The van der Waals surface area contributed by atoms with Gasteiger partial charge in [0.15, 0.2) is 0 Å². The Bertz CT molecular complexity index is 453. The van der Waals surface area contributed by atoms with Gasteiger partial charge in [0.25, 0.3) is 0 Å². The van der Waals surface area contributed by atoms with Gasteiger partial charge in [-0.1, -0.05) is 0 Å². The molecule has 0 saturated carbocycles. The van der Waals surface area contributed by atoms with Gasteiger partial charge in [-0.3, -0.25) is 9.88 Å². The maximum Gasteiger partial charge on any atom is 0.407 e. The molecular formula is C14H22N4O2. The Kier molecular flexibility index (Phi) is 5.17. The van der Waals surface area contributed by atoms with E-state index in [0.29, 0.717) is 0 Å². The lowest BCUT2D eigenvalue weighted by Crippen LogP contribution is -2.36. The molecule has 1 unspecified atom stereocenters.